The normalized spacial score (nSPS) is 14.5. The van der Waals surface area contributed by atoms with Gasteiger partial charge in [0.1, 0.15) is 6.54 Å². The molecule has 0 saturated heterocycles. The summed E-state index contributed by atoms with van der Waals surface area (Å²) in [6.45, 7) is 13.7. The van der Waals surface area contributed by atoms with Gasteiger partial charge in [0.25, 0.3) is 0 Å². The number of amides is 2. The fraction of sp³-hybridized carbons (Fsp3) is 0.636. The number of sulfonamides is 1. The number of nitrogens with zero attached hydrogens (tertiary/aromatic N) is 3. The van der Waals surface area contributed by atoms with E-state index in [9.17, 15) is 18.0 Å². The average molecular weight is 470 g/mol. The molecule has 31 heavy (non-hydrogen) atoms. The summed E-state index contributed by atoms with van der Waals surface area (Å²) >= 11 is 1.37. The van der Waals surface area contributed by atoms with Crippen molar-refractivity contribution in [3.05, 3.63) is 18.2 Å². The van der Waals surface area contributed by atoms with Gasteiger partial charge in [-0.15, -0.1) is 11.8 Å². The second kappa shape index (κ2) is 10.8. The van der Waals surface area contributed by atoms with Crippen molar-refractivity contribution in [2.45, 2.75) is 51.3 Å². The van der Waals surface area contributed by atoms with E-state index in [0.717, 1.165) is 4.90 Å². The van der Waals surface area contributed by atoms with Crippen LogP contribution in [0.2, 0.25) is 0 Å². The number of carbonyl (C=O) groups is 2. The van der Waals surface area contributed by atoms with Crippen LogP contribution < -0.4 is 4.90 Å². The van der Waals surface area contributed by atoms with Crippen molar-refractivity contribution >= 4 is 39.3 Å². The molecular formula is C22H35N3O4S2. The van der Waals surface area contributed by atoms with Crippen molar-refractivity contribution in [3.8, 4) is 0 Å². The number of hydrogen-bond donors (Lipinski definition) is 0. The monoisotopic (exact) mass is 469 g/mol. The second-order valence-corrected chi connectivity index (χ2v) is 11.5. The third kappa shape index (κ3) is 6.23. The minimum Gasteiger partial charge on any atom is -0.341 e. The van der Waals surface area contributed by atoms with Gasteiger partial charge >= 0.3 is 0 Å². The van der Waals surface area contributed by atoms with Crippen LogP contribution in [0.4, 0.5) is 5.69 Å². The van der Waals surface area contributed by atoms with E-state index < -0.39 is 10.0 Å². The Kier molecular flexibility index (Phi) is 8.97. The molecule has 0 atom stereocenters. The lowest BCUT2D eigenvalue weighted by atomic mass is 10.1. The number of fused-ring (bicyclic) bond motifs is 1. The van der Waals surface area contributed by atoms with Crippen LogP contribution in [0, 0.1) is 11.8 Å². The summed E-state index contributed by atoms with van der Waals surface area (Å²) < 4.78 is 27.3. The van der Waals surface area contributed by atoms with Gasteiger partial charge in [0.15, 0.2) is 0 Å². The van der Waals surface area contributed by atoms with Crippen molar-refractivity contribution in [2.75, 3.05) is 43.4 Å². The lowest BCUT2D eigenvalue weighted by Crippen LogP contribution is -2.47. The van der Waals surface area contributed by atoms with E-state index in [1.165, 1.54) is 27.0 Å². The first-order valence-electron chi connectivity index (χ1n) is 10.9. The summed E-state index contributed by atoms with van der Waals surface area (Å²) in [6.07, 6.45) is 0. The lowest BCUT2D eigenvalue weighted by Gasteiger charge is -2.33. The molecule has 0 unspecified atom stereocenters. The summed E-state index contributed by atoms with van der Waals surface area (Å²) in [7, 11) is -3.66. The molecule has 0 radical (unpaired) electrons. The Morgan fingerprint density at radius 1 is 1.10 bits per heavy atom. The molecule has 1 aliphatic heterocycles. The first-order valence-corrected chi connectivity index (χ1v) is 13.3. The number of carbonyl (C=O) groups excluding carboxylic acids is 2. The largest absolute Gasteiger partial charge is 0.341 e. The molecule has 2 amide bonds. The van der Waals surface area contributed by atoms with Crippen molar-refractivity contribution < 1.29 is 18.0 Å². The maximum Gasteiger partial charge on any atom is 0.243 e. The SMILES string of the molecule is CCN(CC)S(=O)(=O)c1ccc2c(c1)N(CC(=O)N(CC(C)C)CC(C)C)C(=O)CS2. The second-order valence-electron chi connectivity index (χ2n) is 8.57. The fourth-order valence-electron chi connectivity index (χ4n) is 3.62. The third-order valence-electron chi connectivity index (χ3n) is 5.03. The maximum atomic E-state index is 13.1. The first kappa shape index (κ1) is 25.7. The van der Waals surface area contributed by atoms with Gasteiger partial charge in [-0.25, -0.2) is 8.42 Å². The molecule has 7 nitrogen and oxygen atoms in total. The third-order valence-corrected chi connectivity index (χ3v) is 8.13. The highest BCUT2D eigenvalue weighted by atomic mass is 32.2. The molecule has 174 valence electrons. The molecule has 0 bridgehead atoms. The minimum absolute atomic E-state index is 0.0827. The number of benzene rings is 1. The first-order chi connectivity index (χ1) is 14.5. The van der Waals surface area contributed by atoms with Gasteiger partial charge < -0.3 is 9.80 Å². The fourth-order valence-corrected chi connectivity index (χ4v) is 6.02. The van der Waals surface area contributed by atoms with Crippen LogP contribution in [-0.4, -0.2) is 67.9 Å². The van der Waals surface area contributed by atoms with Crippen LogP contribution in [0.25, 0.3) is 0 Å². The Bertz CT molecular complexity index is 886. The van der Waals surface area contributed by atoms with Gasteiger partial charge in [-0.1, -0.05) is 41.5 Å². The lowest BCUT2D eigenvalue weighted by molar-refractivity contribution is -0.132. The van der Waals surface area contributed by atoms with E-state index in [4.69, 9.17) is 0 Å². The molecule has 0 spiro atoms. The molecule has 1 aliphatic rings. The van der Waals surface area contributed by atoms with Crippen LogP contribution in [0.3, 0.4) is 0 Å². The molecule has 0 aromatic heterocycles. The molecule has 0 N–H and O–H groups in total. The summed E-state index contributed by atoms with van der Waals surface area (Å²) in [6, 6.07) is 4.86. The molecule has 0 aliphatic carbocycles. The topological polar surface area (TPSA) is 78.0 Å². The quantitative estimate of drug-likeness (QED) is 0.525. The predicted molar refractivity (Wildman–Crippen MR) is 126 cm³/mol. The molecule has 9 heteroatoms. The number of hydrogen-bond acceptors (Lipinski definition) is 5. The summed E-state index contributed by atoms with van der Waals surface area (Å²) in [5, 5.41) is 0. The van der Waals surface area contributed by atoms with Crippen LogP contribution >= 0.6 is 11.8 Å². The standard InChI is InChI=1S/C22H35N3O4S2/c1-7-24(8-2)31(28,29)18-9-10-20-19(11-18)25(22(27)15-30-20)14-21(26)23(12-16(3)4)13-17(5)6/h9-11,16-17H,7-8,12-15H2,1-6H3. The Morgan fingerprint density at radius 3 is 2.19 bits per heavy atom. The minimum atomic E-state index is -3.66. The number of rotatable bonds is 10. The van der Waals surface area contributed by atoms with E-state index in [1.54, 1.807) is 30.9 Å². The Hall–Kier alpha value is -1.58. The molecule has 1 aromatic carbocycles. The predicted octanol–water partition coefficient (Wildman–Crippen LogP) is 3.30. The van der Waals surface area contributed by atoms with Crippen molar-refractivity contribution in [1.82, 2.24) is 9.21 Å². The summed E-state index contributed by atoms with van der Waals surface area (Å²) in [4.78, 5) is 30.1. The van der Waals surface area contributed by atoms with Gasteiger partial charge in [-0.3, -0.25) is 9.59 Å². The van der Waals surface area contributed by atoms with Gasteiger partial charge in [0.2, 0.25) is 21.8 Å². The van der Waals surface area contributed by atoms with Gasteiger partial charge in [0, 0.05) is 31.1 Å². The van der Waals surface area contributed by atoms with E-state index in [0.29, 0.717) is 43.7 Å². The van der Waals surface area contributed by atoms with E-state index >= 15 is 0 Å². The van der Waals surface area contributed by atoms with Crippen LogP contribution in [0.1, 0.15) is 41.5 Å². The molecule has 1 heterocycles. The van der Waals surface area contributed by atoms with Crippen molar-refractivity contribution in [2.24, 2.45) is 11.8 Å². The Morgan fingerprint density at radius 2 is 1.68 bits per heavy atom. The van der Waals surface area contributed by atoms with Gasteiger partial charge in [0.05, 0.1) is 16.3 Å². The smallest absolute Gasteiger partial charge is 0.243 e. The zero-order chi connectivity index (χ0) is 23.3. The zero-order valence-electron chi connectivity index (χ0n) is 19.4. The van der Waals surface area contributed by atoms with Gasteiger partial charge in [-0.05, 0) is 30.0 Å². The van der Waals surface area contributed by atoms with Crippen LogP contribution in [0.15, 0.2) is 28.0 Å². The molecular weight excluding hydrogens is 434 g/mol. The summed E-state index contributed by atoms with van der Waals surface area (Å²) in [5.41, 5.74) is 0.497. The highest BCUT2D eigenvalue weighted by molar-refractivity contribution is 8.00. The van der Waals surface area contributed by atoms with Crippen LogP contribution in [0.5, 0.6) is 0 Å². The van der Waals surface area contributed by atoms with E-state index in [2.05, 4.69) is 27.7 Å². The van der Waals surface area contributed by atoms with Crippen LogP contribution in [-0.2, 0) is 19.6 Å². The average Bonchev–Trinajstić information content (AvgIpc) is 2.69. The van der Waals surface area contributed by atoms with Gasteiger partial charge in [-0.2, -0.15) is 4.31 Å². The van der Waals surface area contributed by atoms with E-state index in [1.807, 2.05) is 0 Å². The van der Waals surface area contributed by atoms with Crippen molar-refractivity contribution in [1.29, 1.82) is 0 Å². The number of anilines is 1. The van der Waals surface area contributed by atoms with Crippen molar-refractivity contribution in [3.63, 3.8) is 0 Å². The molecule has 0 saturated carbocycles. The Labute approximate surface area is 191 Å². The maximum absolute atomic E-state index is 13.1. The molecule has 1 aromatic rings. The highest BCUT2D eigenvalue weighted by Crippen LogP contribution is 2.37. The zero-order valence-corrected chi connectivity index (χ0v) is 21.1. The Balaban J connectivity index is 2.39. The molecule has 0 fully saturated rings. The molecule has 2 rings (SSSR count). The summed E-state index contributed by atoms with van der Waals surface area (Å²) in [5.74, 6) is 0.557. The highest BCUT2D eigenvalue weighted by Gasteiger charge is 2.31. The van der Waals surface area contributed by atoms with E-state index in [-0.39, 0.29) is 29.0 Å². The number of thioether (sulfide) groups is 1.